The summed E-state index contributed by atoms with van der Waals surface area (Å²) >= 11 is 0. The van der Waals surface area contributed by atoms with E-state index in [0.29, 0.717) is 12.1 Å². The molecule has 0 bridgehead atoms. The summed E-state index contributed by atoms with van der Waals surface area (Å²) in [4.78, 5) is 7.72. The molecule has 0 amide bonds. The third kappa shape index (κ3) is 4.86. The number of nitrogens with zero attached hydrogens (tertiary/aromatic N) is 2. The van der Waals surface area contributed by atoms with Crippen molar-refractivity contribution in [1.82, 2.24) is 4.90 Å². The van der Waals surface area contributed by atoms with E-state index in [2.05, 4.69) is 83.7 Å². The molecule has 0 N–H and O–H groups in total. The molecule has 0 radical (unpaired) electrons. The first-order valence-electron chi connectivity index (χ1n) is 8.78. The van der Waals surface area contributed by atoms with Gasteiger partial charge in [0.05, 0.1) is 5.54 Å². The smallest absolute Gasteiger partial charge is 0.131 e. The van der Waals surface area contributed by atoms with E-state index in [0.717, 1.165) is 18.7 Å². The summed E-state index contributed by atoms with van der Waals surface area (Å²) in [6.07, 6.45) is 3.37. The lowest BCUT2D eigenvalue weighted by Crippen LogP contribution is -2.44. The van der Waals surface area contributed by atoms with Gasteiger partial charge in [-0.15, -0.1) is 0 Å². The molecule has 1 aromatic carbocycles. The Bertz CT molecular complexity index is 454. The van der Waals surface area contributed by atoms with Crippen LogP contribution in [0.1, 0.15) is 73.3 Å². The second kappa shape index (κ2) is 8.36. The summed E-state index contributed by atoms with van der Waals surface area (Å²) in [6, 6.07) is 11.5. The zero-order valence-electron chi connectivity index (χ0n) is 15.6. The van der Waals surface area contributed by atoms with E-state index in [1.54, 1.807) is 0 Å². The van der Waals surface area contributed by atoms with Crippen LogP contribution in [0.3, 0.4) is 0 Å². The molecule has 0 spiro atoms. The Labute approximate surface area is 137 Å². The zero-order chi connectivity index (χ0) is 16.8. The molecule has 1 unspecified atom stereocenters. The van der Waals surface area contributed by atoms with Crippen LogP contribution in [0.25, 0.3) is 0 Å². The SMILES string of the molecule is CCCC(C)(CC)N=C(c1ccccc1)N(C(C)C)C(C)C. The summed E-state index contributed by atoms with van der Waals surface area (Å²) in [5.41, 5.74) is 1.24. The van der Waals surface area contributed by atoms with Crippen LogP contribution in [-0.2, 0) is 0 Å². The van der Waals surface area contributed by atoms with Crippen LogP contribution in [0.15, 0.2) is 35.3 Å². The fraction of sp³-hybridized carbons (Fsp3) is 0.650. The predicted molar refractivity (Wildman–Crippen MR) is 98.7 cm³/mol. The van der Waals surface area contributed by atoms with E-state index < -0.39 is 0 Å². The lowest BCUT2D eigenvalue weighted by atomic mass is 9.93. The summed E-state index contributed by atoms with van der Waals surface area (Å²) in [7, 11) is 0. The molecule has 0 aliphatic rings. The molecule has 0 heterocycles. The Morgan fingerprint density at radius 3 is 2.00 bits per heavy atom. The van der Waals surface area contributed by atoms with Gasteiger partial charge >= 0.3 is 0 Å². The minimum absolute atomic E-state index is 0.0158. The van der Waals surface area contributed by atoms with Crippen LogP contribution < -0.4 is 0 Å². The van der Waals surface area contributed by atoms with Crippen LogP contribution in [-0.4, -0.2) is 28.4 Å². The van der Waals surface area contributed by atoms with Crippen LogP contribution in [0.2, 0.25) is 0 Å². The van der Waals surface area contributed by atoms with Gasteiger partial charge in [-0.3, -0.25) is 4.99 Å². The van der Waals surface area contributed by atoms with Gasteiger partial charge in [-0.1, -0.05) is 50.6 Å². The van der Waals surface area contributed by atoms with Crippen molar-refractivity contribution in [2.45, 2.75) is 85.4 Å². The van der Waals surface area contributed by atoms with Crippen molar-refractivity contribution in [1.29, 1.82) is 0 Å². The maximum Gasteiger partial charge on any atom is 0.131 e. The first kappa shape index (κ1) is 18.7. The molecule has 22 heavy (non-hydrogen) atoms. The van der Waals surface area contributed by atoms with E-state index in [9.17, 15) is 0 Å². The second-order valence-electron chi connectivity index (χ2n) is 7.00. The largest absolute Gasteiger partial charge is 0.352 e. The monoisotopic (exact) mass is 302 g/mol. The highest BCUT2D eigenvalue weighted by Gasteiger charge is 2.26. The van der Waals surface area contributed by atoms with Crippen LogP contribution in [0.4, 0.5) is 0 Å². The normalized spacial score (nSPS) is 15.2. The van der Waals surface area contributed by atoms with Gasteiger partial charge in [0.25, 0.3) is 0 Å². The van der Waals surface area contributed by atoms with Crippen LogP contribution >= 0.6 is 0 Å². The van der Waals surface area contributed by atoms with Crippen molar-refractivity contribution >= 4 is 5.84 Å². The second-order valence-corrected chi connectivity index (χ2v) is 7.00. The lowest BCUT2D eigenvalue weighted by Gasteiger charge is -2.36. The first-order chi connectivity index (χ1) is 10.3. The van der Waals surface area contributed by atoms with Gasteiger partial charge in [-0.2, -0.15) is 0 Å². The Balaban J connectivity index is 3.39. The Morgan fingerprint density at radius 1 is 1.05 bits per heavy atom. The van der Waals surface area contributed by atoms with Gasteiger partial charge in [0.2, 0.25) is 0 Å². The van der Waals surface area contributed by atoms with Gasteiger partial charge in [0.15, 0.2) is 0 Å². The van der Waals surface area contributed by atoms with Crippen molar-refractivity contribution < 1.29 is 0 Å². The van der Waals surface area contributed by atoms with E-state index in [-0.39, 0.29) is 5.54 Å². The number of hydrogen-bond donors (Lipinski definition) is 0. The number of benzene rings is 1. The quantitative estimate of drug-likeness (QED) is 0.478. The molecule has 2 nitrogen and oxygen atoms in total. The average Bonchev–Trinajstić information content (AvgIpc) is 2.47. The number of hydrogen-bond acceptors (Lipinski definition) is 1. The highest BCUT2D eigenvalue weighted by atomic mass is 15.2. The van der Waals surface area contributed by atoms with Gasteiger partial charge in [-0.25, -0.2) is 0 Å². The summed E-state index contributed by atoms with van der Waals surface area (Å²) < 4.78 is 0. The van der Waals surface area contributed by atoms with Gasteiger partial charge in [0.1, 0.15) is 5.84 Å². The number of amidine groups is 1. The first-order valence-corrected chi connectivity index (χ1v) is 8.78. The van der Waals surface area contributed by atoms with Crippen molar-refractivity contribution in [2.24, 2.45) is 4.99 Å². The summed E-state index contributed by atoms with van der Waals surface area (Å²) in [6.45, 7) is 15.8. The Kier molecular flexibility index (Phi) is 7.12. The standard InChI is InChI=1S/C20H34N2/c1-8-15-20(7,9-2)21-19(18-13-11-10-12-14-18)22(16(3)4)17(5)6/h10-14,16-17H,8-9,15H2,1-7H3. The molecule has 0 saturated heterocycles. The Morgan fingerprint density at radius 2 is 1.59 bits per heavy atom. The van der Waals surface area contributed by atoms with Crippen molar-refractivity contribution in [3.63, 3.8) is 0 Å². The summed E-state index contributed by atoms with van der Waals surface area (Å²) in [5.74, 6) is 1.14. The maximum absolute atomic E-state index is 5.27. The van der Waals surface area contributed by atoms with Crippen LogP contribution in [0.5, 0.6) is 0 Å². The highest BCUT2D eigenvalue weighted by molar-refractivity contribution is 5.99. The third-order valence-corrected chi connectivity index (χ3v) is 4.32. The van der Waals surface area contributed by atoms with Gasteiger partial charge in [-0.05, 0) is 47.5 Å². The molecular weight excluding hydrogens is 268 g/mol. The van der Waals surface area contributed by atoms with Gasteiger partial charge < -0.3 is 4.90 Å². The third-order valence-electron chi connectivity index (χ3n) is 4.32. The van der Waals surface area contributed by atoms with Crippen molar-refractivity contribution in [2.75, 3.05) is 0 Å². The molecule has 1 atom stereocenters. The highest BCUT2D eigenvalue weighted by Crippen LogP contribution is 2.25. The number of rotatable bonds is 7. The molecule has 1 rings (SSSR count). The van der Waals surface area contributed by atoms with Crippen LogP contribution in [0, 0.1) is 0 Å². The lowest BCUT2D eigenvalue weighted by molar-refractivity contribution is 0.285. The predicted octanol–water partition coefficient (Wildman–Crippen LogP) is 5.52. The van der Waals surface area contributed by atoms with E-state index >= 15 is 0 Å². The van der Waals surface area contributed by atoms with E-state index in [4.69, 9.17) is 4.99 Å². The summed E-state index contributed by atoms with van der Waals surface area (Å²) in [5, 5.41) is 0. The molecule has 0 aromatic heterocycles. The van der Waals surface area contributed by atoms with Crippen molar-refractivity contribution in [3.8, 4) is 0 Å². The topological polar surface area (TPSA) is 15.6 Å². The van der Waals surface area contributed by atoms with Crippen molar-refractivity contribution in [3.05, 3.63) is 35.9 Å². The molecule has 2 heteroatoms. The minimum Gasteiger partial charge on any atom is -0.352 e. The van der Waals surface area contributed by atoms with Gasteiger partial charge in [0, 0.05) is 17.6 Å². The van der Waals surface area contributed by atoms with E-state index in [1.807, 2.05) is 0 Å². The fourth-order valence-electron chi connectivity index (χ4n) is 3.05. The van der Waals surface area contributed by atoms with E-state index in [1.165, 1.54) is 12.0 Å². The molecule has 1 aromatic rings. The molecule has 0 fully saturated rings. The molecule has 0 saturated carbocycles. The minimum atomic E-state index is 0.0158. The number of aliphatic imine (C=N–C) groups is 1. The molecule has 0 aliphatic heterocycles. The molecular formula is C20H34N2. The molecule has 0 aliphatic carbocycles. The maximum atomic E-state index is 5.27. The average molecular weight is 303 g/mol. The fourth-order valence-corrected chi connectivity index (χ4v) is 3.05. The molecule has 124 valence electrons. The Hall–Kier alpha value is -1.31. The zero-order valence-corrected chi connectivity index (χ0v) is 15.6.